The molecule has 27 heavy (non-hydrogen) atoms. The van der Waals surface area contributed by atoms with Crippen molar-refractivity contribution in [3.63, 3.8) is 0 Å². The second-order valence-corrected chi connectivity index (χ2v) is 8.76. The third kappa shape index (κ3) is 5.06. The van der Waals surface area contributed by atoms with Gasteiger partial charge in [0.15, 0.2) is 0 Å². The summed E-state index contributed by atoms with van der Waals surface area (Å²) in [5.74, 6) is 0. The Morgan fingerprint density at radius 3 is 2.30 bits per heavy atom. The molecule has 0 atom stereocenters. The summed E-state index contributed by atoms with van der Waals surface area (Å²) in [6.07, 6.45) is 3.14. The first-order valence-corrected chi connectivity index (χ1v) is 10.7. The fourth-order valence-electron chi connectivity index (χ4n) is 2.80. The quantitative estimate of drug-likeness (QED) is 0.734. The van der Waals surface area contributed by atoms with Crippen LogP contribution >= 0.6 is 23.2 Å². The van der Waals surface area contributed by atoms with Crippen molar-refractivity contribution in [2.24, 2.45) is 0 Å². The number of halogens is 2. The number of benzene rings is 2. The number of likely N-dealkylation sites (tertiary alicyclic amines) is 1. The molecular formula is C18H19Cl2N3O3S. The van der Waals surface area contributed by atoms with Gasteiger partial charge in [0, 0.05) is 23.8 Å². The predicted molar refractivity (Wildman–Crippen MR) is 108 cm³/mol. The Morgan fingerprint density at radius 1 is 0.963 bits per heavy atom. The lowest BCUT2D eigenvalue weighted by atomic mass is 10.1. The Morgan fingerprint density at radius 2 is 1.63 bits per heavy atom. The van der Waals surface area contributed by atoms with Gasteiger partial charge in [-0.2, -0.15) is 0 Å². The molecule has 2 N–H and O–H groups in total. The van der Waals surface area contributed by atoms with Crippen molar-refractivity contribution in [3.8, 4) is 0 Å². The third-order valence-electron chi connectivity index (χ3n) is 4.23. The Hall–Kier alpha value is -1.96. The van der Waals surface area contributed by atoms with Crippen molar-refractivity contribution >= 4 is 50.6 Å². The topological polar surface area (TPSA) is 78.5 Å². The minimum Gasteiger partial charge on any atom is -0.325 e. The first kappa shape index (κ1) is 19.8. The highest BCUT2D eigenvalue weighted by atomic mass is 35.5. The summed E-state index contributed by atoms with van der Waals surface area (Å²) >= 11 is 11.9. The highest BCUT2D eigenvalue weighted by Gasteiger charge is 2.18. The smallest absolute Gasteiger partial charge is 0.321 e. The molecule has 2 aromatic carbocycles. The van der Waals surface area contributed by atoms with Gasteiger partial charge in [-0.25, -0.2) is 13.2 Å². The molecule has 6 nitrogen and oxygen atoms in total. The van der Waals surface area contributed by atoms with Gasteiger partial charge in [0.1, 0.15) is 0 Å². The van der Waals surface area contributed by atoms with E-state index in [1.54, 1.807) is 23.1 Å². The molecule has 2 aromatic rings. The van der Waals surface area contributed by atoms with E-state index in [1.165, 1.54) is 24.3 Å². The van der Waals surface area contributed by atoms with Crippen LogP contribution in [0.15, 0.2) is 47.4 Å². The Bertz CT molecular complexity index is 927. The second kappa shape index (κ2) is 8.37. The maximum Gasteiger partial charge on any atom is 0.321 e. The number of rotatable bonds is 4. The molecule has 0 saturated carbocycles. The molecule has 3 rings (SSSR count). The molecule has 1 aliphatic rings. The molecule has 1 saturated heterocycles. The Balaban J connectivity index is 1.70. The number of nitrogens with zero attached hydrogens (tertiary/aromatic N) is 1. The van der Waals surface area contributed by atoms with Crippen molar-refractivity contribution in [2.45, 2.75) is 24.2 Å². The summed E-state index contributed by atoms with van der Waals surface area (Å²) in [6.45, 7) is 1.48. The van der Waals surface area contributed by atoms with Gasteiger partial charge in [0.2, 0.25) is 0 Å². The molecule has 0 bridgehead atoms. The van der Waals surface area contributed by atoms with Gasteiger partial charge in [-0.05, 0) is 61.7 Å². The molecule has 1 fully saturated rings. The molecule has 0 radical (unpaired) electrons. The highest BCUT2D eigenvalue weighted by molar-refractivity contribution is 7.92. The first-order valence-electron chi connectivity index (χ1n) is 8.49. The maximum atomic E-state index is 12.5. The Labute approximate surface area is 168 Å². The molecule has 2 amide bonds. The molecule has 0 spiro atoms. The molecule has 0 aromatic heterocycles. The predicted octanol–water partition coefficient (Wildman–Crippen LogP) is 4.81. The maximum absolute atomic E-state index is 12.5. The number of anilines is 2. The van der Waals surface area contributed by atoms with Gasteiger partial charge < -0.3 is 10.2 Å². The van der Waals surface area contributed by atoms with Crippen LogP contribution in [0.4, 0.5) is 16.2 Å². The van der Waals surface area contributed by atoms with E-state index in [1.807, 2.05) is 0 Å². The van der Waals surface area contributed by atoms with Gasteiger partial charge >= 0.3 is 6.03 Å². The van der Waals surface area contributed by atoms with E-state index >= 15 is 0 Å². The summed E-state index contributed by atoms with van der Waals surface area (Å²) in [5.41, 5.74) is 0.733. The van der Waals surface area contributed by atoms with Crippen LogP contribution in [0, 0.1) is 0 Å². The molecule has 1 heterocycles. The van der Waals surface area contributed by atoms with Crippen LogP contribution in [0.5, 0.6) is 0 Å². The normalized spacial score (nSPS) is 14.7. The lowest BCUT2D eigenvalue weighted by molar-refractivity contribution is 0.200. The van der Waals surface area contributed by atoms with Crippen molar-refractivity contribution in [1.29, 1.82) is 0 Å². The van der Waals surface area contributed by atoms with E-state index in [0.717, 1.165) is 32.4 Å². The summed E-state index contributed by atoms with van der Waals surface area (Å²) in [5, 5.41) is 3.40. The lowest BCUT2D eigenvalue weighted by Crippen LogP contribution is -2.38. The number of amides is 2. The summed E-state index contributed by atoms with van der Waals surface area (Å²) < 4.78 is 27.5. The standard InChI is InChI=1S/C18H19Cl2N3O3S/c19-13-4-9-16(20)17(12-13)22-27(25,26)15-7-5-14(6-8-15)21-18(24)23-10-2-1-3-11-23/h4-9,12,22H,1-3,10-11H2,(H,21,24). The van der Waals surface area contributed by atoms with Gasteiger partial charge in [0.05, 0.1) is 15.6 Å². The average molecular weight is 428 g/mol. The molecular weight excluding hydrogens is 409 g/mol. The number of sulfonamides is 1. The van der Waals surface area contributed by atoms with Crippen molar-refractivity contribution in [2.75, 3.05) is 23.1 Å². The van der Waals surface area contributed by atoms with Crippen LogP contribution in [-0.2, 0) is 10.0 Å². The van der Waals surface area contributed by atoms with Crippen molar-refractivity contribution in [1.82, 2.24) is 4.90 Å². The molecule has 9 heteroatoms. The van der Waals surface area contributed by atoms with Crippen molar-refractivity contribution in [3.05, 3.63) is 52.5 Å². The van der Waals surface area contributed by atoms with Crippen LogP contribution in [-0.4, -0.2) is 32.4 Å². The highest BCUT2D eigenvalue weighted by Crippen LogP contribution is 2.28. The number of hydrogen-bond donors (Lipinski definition) is 2. The van der Waals surface area contributed by atoms with E-state index in [9.17, 15) is 13.2 Å². The summed E-state index contributed by atoms with van der Waals surface area (Å²) in [6, 6.07) is 10.3. The minimum absolute atomic E-state index is 0.0505. The fraction of sp³-hybridized carbons (Fsp3) is 0.278. The van der Waals surface area contributed by atoms with Gasteiger partial charge in [-0.15, -0.1) is 0 Å². The van der Waals surface area contributed by atoms with Gasteiger partial charge in [-0.1, -0.05) is 23.2 Å². The van der Waals surface area contributed by atoms with Crippen LogP contribution in [0.1, 0.15) is 19.3 Å². The van der Waals surface area contributed by atoms with Crippen LogP contribution in [0.3, 0.4) is 0 Å². The average Bonchev–Trinajstić information content (AvgIpc) is 2.65. The van der Waals surface area contributed by atoms with E-state index in [2.05, 4.69) is 10.0 Å². The van der Waals surface area contributed by atoms with Crippen LogP contribution in [0.25, 0.3) is 0 Å². The number of carbonyl (C=O) groups is 1. The van der Waals surface area contributed by atoms with E-state index < -0.39 is 10.0 Å². The van der Waals surface area contributed by atoms with E-state index in [-0.39, 0.29) is 21.6 Å². The SMILES string of the molecule is O=C(Nc1ccc(S(=O)(=O)Nc2cc(Cl)ccc2Cl)cc1)N1CCCCC1. The second-order valence-electron chi connectivity index (χ2n) is 6.23. The van der Waals surface area contributed by atoms with E-state index in [4.69, 9.17) is 23.2 Å². The van der Waals surface area contributed by atoms with Gasteiger partial charge in [0.25, 0.3) is 10.0 Å². The number of nitrogens with one attached hydrogen (secondary N) is 2. The summed E-state index contributed by atoms with van der Waals surface area (Å²) in [7, 11) is -3.83. The van der Waals surface area contributed by atoms with Crippen LogP contribution < -0.4 is 10.0 Å². The largest absolute Gasteiger partial charge is 0.325 e. The van der Waals surface area contributed by atoms with Crippen molar-refractivity contribution < 1.29 is 13.2 Å². The zero-order valence-corrected chi connectivity index (χ0v) is 16.7. The molecule has 144 valence electrons. The summed E-state index contributed by atoms with van der Waals surface area (Å²) in [4.78, 5) is 14.0. The Kier molecular flexibility index (Phi) is 6.14. The minimum atomic E-state index is -3.83. The fourth-order valence-corrected chi connectivity index (χ4v) is 4.26. The number of carbonyl (C=O) groups excluding carboxylic acids is 1. The zero-order valence-electron chi connectivity index (χ0n) is 14.4. The number of urea groups is 1. The molecule has 1 aliphatic heterocycles. The number of hydrogen-bond acceptors (Lipinski definition) is 3. The third-order valence-corrected chi connectivity index (χ3v) is 6.18. The van der Waals surface area contributed by atoms with Gasteiger partial charge in [-0.3, -0.25) is 4.72 Å². The first-order chi connectivity index (χ1) is 12.8. The molecule has 0 aliphatic carbocycles. The molecule has 0 unspecified atom stereocenters. The lowest BCUT2D eigenvalue weighted by Gasteiger charge is -2.26. The van der Waals surface area contributed by atoms with Crippen LogP contribution in [0.2, 0.25) is 10.0 Å². The zero-order chi connectivity index (χ0) is 19.4. The van der Waals surface area contributed by atoms with E-state index in [0.29, 0.717) is 10.7 Å². The number of piperidine rings is 1. The monoisotopic (exact) mass is 427 g/mol.